The van der Waals surface area contributed by atoms with Gasteiger partial charge in [0.15, 0.2) is 0 Å². The lowest BCUT2D eigenvalue weighted by molar-refractivity contribution is -0.117. The predicted octanol–water partition coefficient (Wildman–Crippen LogP) is 3.07. The van der Waals surface area contributed by atoms with Crippen molar-refractivity contribution in [3.8, 4) is 5.75 Å². The molecular weight excluding hydrogens is 283 g/mol. The van der Waals surface area contributed by atoms with Crippen molar-refractivity contribution in [3.05, 3.63) is 24.0 Å². The minimum absolute atomic E-state index is 0.0785. The van der Waals surface area contributed by atoms with Gasteiger partial charge in [0, 0.05) is 18.5 Å². The van der Waals surface area contributed by atoms with Crippen LogP contribution in [0, 0.1) is 17.7 Å². The summed E-state index contributed by atoms with van der Waals surface area (Å²) in [4.78, 5) is 12.2. The summed E-state index contributed by atoms with van der Waals surface area (Å²) in [7, 11) is 0. The van der Waals surface area contributed by atoms with Crippen LogP contribution in [0.25, 0.3) is 0 Å². The van der Waals surface area contributed by atoms with Gasteiger partial charge in [0.2, 0.25) is 5.91 Å². The molecule has 22 heavy (non-hydrogen) atoms. The Hall–Kier alpha value is -1.62. The van der Waals surface area contributed by atoms with E-state index >= 15 is 0 Å². The summed E-state index contributed by atoms with van der Waals surface area (Å²) >= 11 is 0. The van der Waals surface area contributed by atoms with Crippen LogP contribution in [-0.2, 0) is 4.79 Å². The zero-order valence-electron chi connectivity index (χ0n) is 12.7. The topological polar surface area (TPSA) is 64.4 Å². The Kier molecular flexibility index (Phi) is 4.62. The number of halogens is 1. The van der Waals surface area contributed by atoms with E-state index in [0.717, 1.165) is 32.1 Å². The van der Waals surface area contributed by atoms with Crippen molar-refractivity contribution in [1.82, 2.24) is 0 Å². The third-order valence-electron chi connectivity index (χ3n) is 4.55. The molecule has 2 saturated carbocycles. The van der Waals surface area contributed by atoms with E-state index in [1.807, 2.05) is 0 Å². The van der Waals surface area contributed by atoms with Gasteiger partial charge < -0.3 is 15.8 Å². The number of hydrogen-bond donors (Lipinski definition) is 2. The molecule has 0 unspecified atom stereocenters. The Balaban J connectivity index is 1.61. The quantitative estimate of drug-likeness (QED) is 0.849. The second kappa shape index (κ2) is 6.65. The molecule has 0 spiro atoms. The summed E-state index contributed by atoms with van der Waals surface area (Å²) < 4.78 is 19.0. The predicted molar refractivity (Wildman–Crippen MR) is 83.2 cm³/mol. The van der Waals surface area contributed by atoms with Crippen LogP contribution < -0.4 is 15.8 Å². The first-order valence-corrected chi connectivity index (χ1v) is 8.09. The van der Waals surface area contributed by atoms with Crippen LogP contribution in [0.1, 0.15) is 38.5 Å². The van der Waals surface area contributed by atoms with Crippen LogP contribution in [0.2, 0.25) is 0 Å². The standard InChI is InChI=1S/C17H23FN2O2/c18-13-6-7-15(16(9-13)22-10-11-4-5-11)20-17(21)8-12-2-1-3-14(12)19/h6-7,9,11-12,14H,1-5,8,10,19H2,(H,20,21)/t12-,14+/m0/s1. The summed E-state index contributed by atoms with van der Waals surface area (Å²) in [6.07, 6.45) is 5.83. The molecule has 3 rings (SSSR count). The Morgan fingerprint density at radius 1 is 1.32 bits per heavy atom. The highest BCUT2D eigenvalue weighted by Crippen LogP contribution is 2.33. The first-order chi connectivity index (χ1) is 10.6. The zero-order chi connectivity index (χ0) is 15.5. The first-order valence-electron chi connectivity index (χ1n) is 8.09. The van der Waals surface area contributed by atoms with E-state index in [0.29, 0.717) is 30.4 Å². The van der Waals surface area contributed by atoms with Gasteiger partial charge in [0.1, 0.15) is 11.6 Å². The normalized spacial score (nSPS) is 24.3. The molecule has 2 fully saturated rings. The van der Waals surface area contributed by atoms with Gasteiger partial charge in [0.05, 0.1) is 12.3 Å². The third-order valence-corrected chi connectivity index (χ3v) is 4.55. The smallest absolute Gasteiger partial charge is 0.224 e. The third kappa shape index (κ3) is 3.97. The number of rotatable bonds is 6. The number of amides is 1. The average Bonchev–Trinajstić information content (AvgIpc) is 3.23. The largest absolute Gasteiger partial charge is 0.491 e. The number of nitrogens with one attached hydrogen (secondary N) is 1. The molecule has 2 aliphatic carbocycles. The molecule has 1 aromatic rings. The lowest BCUT2D eigenvalue weighted by Crippen LogP contribution is -2.28. The summed E-state index contributed by atoms with van der Waals surface area (Å²) in [5.41, 5.74) is 6.54. The summed E-state index contributed by atoms with van der Waals surface area (Å²) in [5.74, 6) is 0.794. The monoisotopic (exact) mass is 306 g/mol. The van der Waals surface area contributed by atoms with E-state index in [1.54, 1.807) is 6.07 Å². The van der Waals surface area contributed by atoms with E-state index in [4.69, 9.17) is 10.5 Å². The molecule has 1 amide bonds. The van der Waals surface area contributed by atoms with Gasteiger partial charge >= 0.3 is 0 Å². The van der Waals surface area contributed by atoms with E-state index in [2.05, 4.69) is 5.32 Å². The molecule has 5 heteroatoms. The Labute approximate surface area is 130 Å². The van der Waals surface area contributed by atoms with Crippen molar-refractivity contribution < 1.29 is 13.9 Å². The van der Waals surface area contributed by atoms with Crippen molar-refractivity contribution >= 4 is 11.6 Å². The molecule has 4 nitrogen and oxygen atoms in total. The maximum atomic E-state index is 13.4. The molecule has 0 heterocycles. The van der Waals surface area contributed by atoms with E-state index < -0.39 is 0 Å². The van der Waals surface area contributed by atoms with Crippen LogP contribution in [0.3, 0.4) is 0 Å². The number of carbonyl (C=O) groups excluding carboxylic acids is 1. The number of hydrogen-bond acceptors (Lipinski definition) is 3. The van der Waals surface area contributed by atoms with Gasteiger partial charge in [-0.15, -0.1) is 0 Å². The molecule has 120 valence electrons. The van der Waals surface area contributed by atoms with Gasteiger partial charge in [-0.1, -0.05) is 6.42 Å². The highest BCUT2D eigenvalue weighted by Gasteiger charge is 2.26. The molecule has 0 bridgehead atoms. The van der Waals surface area contributed by atoms with Crippen LogP contribution >= 0.6 is 0 Å². The number of ether oxygens (including phenoxy) is 1. The molecule has 0 aliphatic heterocycles. The summed E-state index contributed by atoms with van der Waals surface area (Å²) in [6.45, 7) is 0.583. The lowest BCUT2D eigenvalue weighted by atomic mass is 10.00. The molecular formula is C17H23FN2O2. The van der Waals surface area contributed by atoms with E-state index in [-0.39, 0.29) is 23.7 Å². The van der Waals surface area contributed by atoms with Crippen LogP contribution in [-0.4, -0.2) is 18.6 Å². The molecule has 1 aromatic carbocycles. The van der Waals surface area contributed by atoms with Gasteiger partial charge in [-0.3, -0.25) is 4.79 Å². The minimum atomic E-state index is -0.360. The van der Waals surface area contributed by atoms with E-state index in [9.17, 15) is 9.18 Å². The molecule has 0 radical (unpaired) electrons. The van der Waals surface area contributed by atoms with Crippen molar-refractivity contribution in [2.24, 2.45) is 17.6 Å². The second-order valence-corrected chi connectivity index (χ2v) is 6.50. The lowest BCUT2D eigenvalue weighted by Gasteiger charge is -2.16. The van der Waals surface area contributed by atoms with Gasteiger partial charge in [-0.25, -0.2) is 4.39 Å². The second-order valence-electron chi connectivity index (χ2n) is 6.50. The number of carbonyl (C=O) groups is 1. The molecule has 0 saturated heterocycles. The fraction of sp³-hybridized carbons (Fsp3) is 0.588. The molecule has 2 atom stereocenters. The highest BCUT2D eigenvalue weighted by atomic mass is 19.1. The summed E-state index contributed by atoms with van der Waals surface area (Å²) in [5, 5.41) is 2.84. The van der Waals surface area contributed by atoms with Crippen LogP contribution in [0.5, 0.6) is 5.75 Å². The van der Waals surface area contributed by atoms with Crippen molar-refractivity contribution in [2.45, 2.75) is 44.6 Å². The maximum Gasteiger partial charge on any atom is 0.224 e. The first kappa shape index (κ1) is 15.3. The number of anilines is 1. The van der Waals surface area contributed by atoms with Crippen molar-refractivity contribution in [3.63, 3.8) is 0 Å². The minimum Gasteiger partial charge on any atom is -0.491 e. The summed E-state index contributed by atoms with van der Waals surface area (Å²) in [6, 6.07) is 4.34. The fourth-order valence-electron chi connectivity index (χ4n) is 2.97. The zero-order valence-corrected chi connectivity index (χ0v) is 12.7. The molecule has 2 aliphatic rings. The Morgan fingerprint density at radius 3 is 2.82 bits per heavy atom. The van der Waals surface area contributed by atoms with E-state index in [1.165, 1.54) is 12.1 Å². The average molecular weight is 306 g/mol. The highest BCUT2D eigenvalue weighted by molar-refractivity contribution is 5.92. The van der Waals surface area contributed by atoms with Crippen LogP contribution in [0.15, 0.2) is 18.2 Å². The van der Waals surface area contributed by atoms with Gasteiger partial charge in [-0.2, -0.15) is 0 Å². The maximum absolute atomic E-state index is 13.4. The Morgan fingerprint density at radius 2 is 2.14 bits per heavy atom. The van der Waals surface area contributed by atoms with Gasteiger partial charge in [0.25, 0.3) is 0 Å². The van der Waals surface area contributed by atoms with Gasteiger partial charge in [-0.05, 0) is 49.7 Å². The molecule has 0 aromatic heterocycles. The van der Waals surface area contributed by atoms with Crippen molar-refractivity contribution in [2.75, 3.05) is 11.9 Å². The fourth-order valence-corrected chi connectivity index (χ4v) is 2.97. The Bertz CT molecular complexity index is 545. The van der Waals surface area contributed by atoms with Crippen LogP contribution in [0.4, 0.5) is 10.1 Å². The SMILES string of the molecule is N[C@@H]1CCC[C@H]1CC(=O)Nc1ccc(F)cc1OCC1CC1. The van der Waals surface area contributed by atoms with Crippen molar-refractivity contribution in [1.29, 1.82) is 0 Å². The molecule has 3 N–H and O–H groups in total. The number of benzene rings is 1. The number of nitrogens with two attached hydrogens (primary N) is 1.